The Hall–Kier alpha value is -1.63. The van der Waals surface area contributed by atoms with Crippen molar-refractivity contribution in [3.05, 3.63) is 44.4 Å². The molecular formula is C12H8Cl2N2O3S. The Morgan fingerprint density at radius 2 is 2.05 bits per heavy atom. The van der Waals surface area contributed by atoms with Gasteiger partial charge in [-0.3, -0.25) is 10.1 Å². The largest absolute Gasteiger partial charge is 0.477 e. The maximum Gasteiger partial charge on any atom is 0.347 e. The molecule has 1 amide bonds. The van der Waals surface area contributed by atoms with Crippen molar-refractivity contribution < 1.29 is 14.7 Å². The molecule has 0 aliphatic carbocycles. The van der Waals surface area contributed by atoms with Crippen LogP contribution in [0.25, 0.3) is 0 Å². The van der Waals surface area contributed by atoms with E-state index in [1.165, 1.54) is 18.2 Å². The third kappa shape index (κ3) is 3.09. The van der Waals surface area contributed by atoms with Crippen molar-refractivity contribution in [2.75, 3.05) is 5.32 Å². The van der Waals surface area contributed by atoms with Crippen molar-refractivity contribution >= 4 is 51.5 Å². The molecule has 2 aromatic rings. The number of anilines is 1. The number of benzene rings is 1. The summed E-state index contributed by atoms with van der Waals surface area (Å²) in [6.07, 6.45) is 0. The number of carbonyl (C=O) groups excluding carboxylic acids is 1. The Morgan fingerprint density at radius 1 is 1.35 bits per heavy atom. The van der Waals surface area contributed by atoms with Crippen LogP contribution < -0.4 is 5.32 Å². The van der Waals surface area contributed by atoms with E-state index < -0.39 is 11.9 Å². The van der Waals surface area contributed by atoms with E-state index in [0.717, 1.165) is 11.3 Å². The van der Waals surface area contributed by atoms with Gasteiger partial charge in [-0.1, -0.05) is 34.5 Å². The second kappa shape index (κ2) is 5.78. The zero-order chi connectivity index (χ0) is 14.9. The molecule has 104 valence electrons. The normalized spacial score (nSPS) is 10.3. The molecule has 0 saturated carbocycles. The first-order chi connectivity index (χ1) is 9.38. The van der Waals surface area contributed by atoms with Gasteiger partial charge in [-0.05, 0) is 25.1 Å². The summed E-state index contributed by atoms with van der Waals surface area (Å²) < 4.78 is 0. The van der Waals surface area contributed by atoms with Gasteiger partial charge >= 0.3 is 5.97 Å². The molecule has 0 fully saturated rings. The number of carboxylic acids is 1. The van der Waals surface area contributed by atoms with E-state index in [1.807, 2.05) is 0 Å². The van der Waals surface area contributed by atoms with Crippen LogP contribution in [0.2, 0.25) is 10.0 Å². The number of amides is 1. The summed E-state index contributed by atoms with van der Waals surface area (Å²) in [6.45, 7) is 1.56. The number of aryl methyl sites for hydroxylation is 1. The lowest BCUT2D eigenvalue weighted by Gasteiger charge is -2.04. The Morgan fingerprint density at radius 3 is 2.60 bits per heavy atom. The van der Waals surface area contributed by atoms with E-state index >= 15 is 0 Å². The first-order valence-electron chi connectivity index (χ1n) is 5.35. The number of aromatic nitrogens is 1. The van der Waals surface area contributed by atoms with Crippen molar-refractivity contribution in [1.29, 1.82) is 0 Å². The van der Waals surface area contributed by atoms with E-state index in [0.29, 0.717) is 10.7 Å². The topological polar surface area (TPSA) is 79.3 Å². The number of aromatic carboxylic acids is 1. The molecule has 8 heteroatoms. The SMILES string of the molecule is Cc1nc(NC(=O)c2ccc(Cl)cc2Cl)sc1C(=O)O. The van der Waals surface area contributed by atoms with E-state index in [4.69, 9.17) is 28.3 Å². The van der Waals surface area contributed by atoms with E-state index in [-0.39, 0.29) is 20.6 Å². The number of hydrogen-bond acceptors (Lipinski definition) is 4. The van der Waals surface area contributed by atoms with Crippen LogP contribution in [0.1, 0.15) is 25.7 Å². The summed E-state index contributed by atoms with van der Waals surface area (Å²) in [6, 6.07) is 4.48. The molecule has 20 heavy (non-hydrogen) atoms. The predicted octanol–water partition coefficient (Wildman–Crippen LogP) is 3.71. The molecule has 5 nitrogen and oxygen atoms in total. The standard InChI is InChI=1S/C12H8Cl2N2O3S/c1-5-9(11(18)19)20-12(15-5)16-10(17)7-3-2-6(13)4-8(7)14/h2-4H,1H3,(H,18,19)(H,15,16,17). The molecule has 1 heterocycles. The Bertz CT molecular complexity index is 700. The third-order valence-electron chi connectivity index (χ3n) is 2.39. The molecule has 0 spiro atoms. The van der Waals surface area contributed by atoms with Gasteiger partial charge in [-0.15, -0.1) is 0 Å². The fraction of sp³-hybridized carbons (Fsp3) is 0.0833. The smallest absolute Gasteiger partial charge is 0.347 e. The van der Waals surface area contributed by atoms with Gasteiger partial charge in [0.1, 0.15) is 4.88 Å². The second-order valence-electron chi connectivity index (χ2n) is 3.82. The highest BCUT2D eigenvalue weighted by Crippen LogP contribution is 2.25. The van der Waals surface area contributed by atoms with E-state index in [9.17, 15) is 9.59 Å². The van der Waals surface area contributed by atoms with Crippen LogP contribution in [-0.4, -0.2) is 22.0 Å². The highest BCUT2D eigenvalue weighted by Gasteiger charge is 2.17. The Balaban J connectivity index is 2.23. The monoisotopic (exact) mass is 330 g/mol. The summed E-state index contributed by atoms with van der Waals surface area (Å²) in [4.78, 5) is 27.0. The lowest BCUT2D eigenvalue weighted by Crippen LogP contribution is -2.12. The van der Waals surface area contributed by atoms with Gasteiger partial charge in [0, 0.05) is 5.02 Å². The minimum Gasteiger partial charge on any atom is -0.477 e. The molecule has 0 atom stereocenters. The first-order valence-corrected chi connectivity index (χ1v) is 6.93. The van der Waals surface area contributed by atoms with Crippen LogP contribution in [0.5, 0.6) is 0 Å². The second-order valence-corrected chi connectivity index (χ2v) is 5.66. The number of thiazole rings is 1. The highest BCUT2D eigenvalue weighted by atomic mass is 35.5. The average molecular weight is 331 g/mol. The molecule has 1 aromatic carbocycles. The minimum atomic E-state index is -1.08. The van der Waals surface area contributed by atoms with Crippen molar-refractivity contribution in [3.8, 4) is 0 Å². The fourth-order valence-electron chi connectivity index (χ4n) is 1.49. The molecule has 1 aromatic heterocycles. The van der Waals surface area contributed by atoms with Gasteiger partial charge in [0.25, 0.3) is 5.91 Å². The molecule has 0 aliphatic rings. The zero-order valence-corrected chi connectivity index (χ0v) is 12.4. The summed E-state index contributed by atoms with van der Waals surface area (Å²) in [7, 11) is 0. The van der Waals surface area contributed by atoms with Crippen LogP contribution in [0, 0.1) is 6.92 Å². The van der Waals surface area contributed by atoms with Gasteiger partial charge in [0.05, 0.1) is 16.3 Å². The highest BCUT2D eigenvalue weighted by molar-refractivity contribution is 7.17. The number of rotatable bonds is 3. The lowest BCUT2D eigenvalue weighted by molar-refractivity contribution is 0.0701. The summed E-state index contributed by atoms with van der Waals surface area (Å²) in [5, 5.41) is 12.3. The van der Waals surface area contributed by atoms with Crippen LogP contribution in [-0.2, 0) is 0 Å². The molecule has 2 N–H and O–H groups in total. The molecule has 0 unspecified atom stereocenters. The number of nitrogens with one attached hydrogen (secondary N) is 1. The average Bonchev–Trinajstić information content (AvgIpc) is 2.70. The maximum atomic E-state index is 12.0. The summed E-state index contributed by atoms with van der Waals surface area (Å²) >= 11 is 12.6. The number of carboxylic acid groups (broad SMARTS) is 1. The van der Waals surface area contributed by atoms with Gasteiger partial charge < -0.3 is 5.11 Å². The molecule has 0 radical (unpaired) electrons. The molecule has 2 rings (SSSR count). The van der Waals surface area contributed by atoms with Gasteiger partial charge in [-0.2, -0.15) is 0 Å². The van der Waals surface area contributed by atoms with Crippen molar-refractivity contribution in [3.63, 3.8) is 0 Å². The predicted molar refractivity (Wildman–Crippen MR) is 78.2 cm³/mol. The molecule has 0 aliphatic heterocycles. The van der Waals surface area contributed by atoms with Crippen molar-refractivity contribution in [2.24, 2.45) is 0 Å². The van der Waals surface area contributed by atoms with Crippen LogP contribution >= 0.6 is 34.5 Å². The lowest BCUT2D eigenvalue weighted by atomic mass is 10.2. The zero-order valence-electron chi connectivity index (χ0n) is 10.1. The van der Waals surface area contributed by atoms with Crippen LogP contribution in [0.4, 0.5) is 5.13 Å². The van der Waals surface area contributed by atoms with Crippen molar-refractivity contribution in [1.82, 2.24) is 4.98 Å². The molecular weight excluding hydrogens is 323 g/mol. The number of carbonyl (C=O) groups is 2. The number of hydrogen-bond donors (Lipinski definition) is 2. The maximum absolute atomic E-state index is 12.0. The molecule has 0 saturated heterocycles. The minimum absolute atomic E-state index is 0.0857. The van der Waals surface area contributed by atoms with Crippen LogP contribution in [0.3, 0.4) is 0 Å². The Labute approximate surface area is 128 Å². The van der Waals surface area contributed by atoms with Crippen molar-refractivity contribution in [2.45, 2.75) is 6.92 Å². The summed E-state index contributed by atoms with van der Waals surface area (Å²) in [5.74, 6) is -1.55. The van der Waals surface area contributed by atoms with Crippen LogP contribution in [0.15, 0.2) is 18.2 Å². The number of halogens is 2. The third-order valence-corrected chi connectivity index (χ3v) is 4.00. The van der Waals surface area contributed by atoms with Gasteiger partial charge in [0.2, 0.25) is 0 Å². The first kappa shape index (κ1) is 14.8. The van der Waals surface area contributed by atoms with Gasteiger partial charge in [0.15, 0.2) is 5.13 Å². The number of nitrogens with zero attached hydrogens (tertiary/aromatic N) is 1. The van der Waals surface area contributed by atoms with Gasteiger partial charge in [-0.25, -0.2) is 9.78 Å². The molecule has 0 bridgehead atoms. The van der Waals surface area contributed by atoms with E-state index in [1.54, 1.807) is 6.92 Å². The quantitative estimate of drug-likeness (QED) is 0.899. The fourth-order valence-corrected chi connectivity index (χ4v) is 2.78. The van der Waals surface area contributed by atoms with E-state index in [2.05, 4.69) is 10.3 Å². The Kier molecular flexibility index (Phi) is 4.27. The summed E-state index contributed by atoms with van der Waals surface area (Å²) in [5.41, 5.74) is 0.584.